The highest BCUT2D eigenvalue weighted by atomic mass is 15.3. The van der Waals surface area contributed by atoms with Gasteiger partial charge in [-0.05, 0) is 80.1 Å². The van der Waals surface area contributed by atoms with Crippen LogP contribution >= 0.6 is 0 Å². The molecule has 2 aliphatic rings. The van der Waals surface area contributed by atoms with Crippen molar-refractivity contribution in [1.82, 2.24) is 15.0 Å². The number of para-hydroxylation sites is 1. The third kappa shape index (κ3) is 5.77. The third-order valence-electron chi connectivity index (χ3n) is 11.7. The lowest BCUT2D eigenvalue weighted by Gasteiger charge is -2.34. The van der Waals surface area contributed by atoms with Gasteiger partial charge in [0.15, 0.2) is 17.5 Å². The smallest absolute Gasteiger partial charge is 0.164 e. The molecular weight excluding hydrogens is 733 g/mol. The lowest BCUT2D eigenvalue weighted by atomic mass is 9.67. The molecule has 11 rings (SSSR count). The Morgan fingerprint density at radius 3 is 1.73 bits per heavy atom. The maximum atomic E-state index is 9.22. The number of hydrogen-bond donors (Lipinski definition) is 2. The van der Waals surface area contributed by atoms with Gasteiger partial charge in [0.25, 0.3) is 0 Å². The number of benzene rings is 8. The van der Waals surface area contributed by atoms with Gasteiger partial charge in [0, 0.05) is 22.3 Å². The van der Waals surface area contributed by atoms with Crippen LogP contribution < -0.4 is 5.43 Å². The normalized spacial score (nSPS) is 14.1. The molecule has 2 aliphatic carbocycles. The molecule has 0 atom stereocenters. The van der Waals surface area contributed by atoms with Crippen molar-refractivity contribution in [2.75, 3.05) is 5.43 Å². The zero-order chi connectivity index (χ0) is 40.0. The number of allylic oxidation sites excluding steroid dienone is 1. The van der Waals surface area contributed by atoms with Crippen molar-refractivity contribution in [1.29, 1.82) is 5.41 Å². The van der Waals surface area contributed by atoms with Crippen molar-refractivity contribution >= 4 is 34.0 Å². The molecule has 0 spiro atoms. The Hall–Kier alpha value is -8.09. The van der Waals surface area contributed by atoms with Gasteiger partial charge in [-0.2, -0.15) is 5.10 Å². The number of hydrazone groups is 1. The van der Waals surface area contributed by atoms with Gasteiger partial charge in [-0.25, -0.2) is 15.0 Å². The summed E-state index contributed by atoms with van der Waals surface area (Å²) < 4.78 is 0. The average molecular weight is 769 g/mol. The van der Waals surface area contributed by atoms with Crippen LogP contribution in [0.1, 0.15) is 33.4 Å². The number of hydrogen-bond acceptors (Lipinski definition) is 6. The molecule has 1 heterocycles. The average Bonchev–Trinajstić information content (AvgIpc) is 3.62. The quantitative estimate of drug-likeness (QED) is 0.158. The second-order valence-corrected chi connectivity index (χ2v) is 15.1. The molecule has 0 bridgehead atoms. The Kier molecular flexibility index (Phi) is 8.41. The fraction of sp³-hybridized carbons (Fsp3) is 0.0185. The summed E-state index contributed by atoms with van der Waals surface area (Å²) in [6.45, 7) is 0. The molecule has 2 N–H and O–H groups in total. The van der Waals surface area contributed by atoms with E-state index in [0.29, 0.717) is 28.9 Å². The van der Waals surface area contributed by atoms with Gasteiger partial charge in [0.2, 0.25) is 0 Å². The monoisotopic (exact) mass is 768 g/mol. The molecule has 6 nitrogen and oxygen atoms in total. The van der Waals surface area contributed by atoms with Crippen molar-refractivity contribution in [2.24, 2.45) is 5.10 Å². The van der Waals surface area contributed by atoms with Crippen molar-refractivity contribution in [3.63, 3.8) is 0 Å². The fourth-order valence-electron chi connectivity index (χ4n) is 8.95. The van der Waals surface area contributed by atoms with E-state index in [4.69, 9.17) is 15.0 Å². The molecule has 0 fully saturated rings. The Labute approximate surface area is 347 Å². The Morgan fingerprint density at radius 2 is 1.03 bits per heavy atom. The third-order valence-corrected chi connectivity index (χ3v) is 11.7. The fourth-order valence-corrected chi connectivity index (χ4v) is 8.95. The summed E-state index contributed by atoms with van der Waals surface area (Å²) in [6.07, 6.45) is 3.91. The summed E-state index contributed by atoms with van der Waals surface area (Å²) in [7, 11) is 0. The Bertz CT molecular complexity index is 3140. The van der Waals surface area contributed by atoms with E-state index in [9.17, 15) is 5.41 Å². The van der Waals surface area contributed by atoms with E-state index < -0.39 is 5.41 Å². The second kappa shape index (κ2) is 14.4. The number of nitrogens with zero attached hydrogens (tertiary/aromatic N) is 4. The van der Waals surface area contributed by atoms with E-state index in [0.717, 1.165) is 44.3 Å². The number of anilines is 1. The van der Waals surface area contributed by atoms with Crippen LogP contribution in [0.15, 0.2) is 205 Å². The molecule has 8 aromatic carbocycles. The largest absolute Gasteiger partial charge is 0.298 e. The van der Waals surface area contributed by atoms with E-state index in [-0.39, 0.29) is 0 Å². The highest BCUT2D eigenvalue weighted by Crippen LogP contribution is 2.56. The summed E-state index contributed by atoms with van der Waals surface area (Å²) in [6, 6.07) is 67.4. The SMILES string of the molecule is N=C1/C(=N\Nc2ccccc2)C=Cc2ccc3cc(-c4nc(-c5ccccc5)nc(-c5ccc6c(c5)C(c5ccccc5)(c5ccccc5)c5ccccc5-6)n4)ccc3c21. The molecule has 60 heavy (non-hydrogen) atoms. The zero-order valence-electron chi connectivity index (χ0n) is 32.4. The van der Waals surface area contributed by atoms with Gasteiger partial charge >= 0.3 is 0 Å². The van der Waals surface area contributed by atoms with Crippen LogP contribution in [0.25, 0.3) is 62.1 Å². The molecule has 0 unspecified atom stereocenters. The van der Waals surface area contributed by atoms with Gasteiger partial charge in [-0.15, -0.1) is 0 Å². The van der Waals surface area contributed by atoms with Crippen LogP contribution in [0.2, 0.25) is 0 Å². The summed E-state index contributed by atoms with van der Waals surface area (Å²) in [5.41, 5.74) is 16.1. The minimum atomic E-state index is -0.550. The maximum Gasteiger partial charge on any atom is 0.164 e. The molecule has 0 amide bonds. The highest BCUT2D eigenvalue weighted by Gasteiger charge is 2.46. The van der Waals surface area contributed by atoms with E-state index >= 15 is 0 Å². The van der Waals surface area contributed by atoms with Gasteiger partial charge in [0.1, 0.15) is 5.71 Å². The number of fused-ring (bicyclic) bond motifs is 6. The summed E-state index contributed by atoms with van der Waals surface area (Å²) >= 11 is 0. The maximum absolute atomic E-state index is 9.22. The van der Waals surface area contributed by atoms with Gasteiger partial charge in [0.05, 0.1) is 16.8 Å². The first-order valence-corrected chi connectivity index (χ1v) is 20.1. The topological polar surface area (TPSA) is 86.9 Å². The molecule has 282 valence electrons. The molecule has 0 saturated heterocycles. The van der Waals surface area contributed by atoms with Gasteiger partial charge < -0.3 is 0 Å². The number of nitrogens with one attached hydrogen (secondary N) is 2. The number of rotatable bonds is 7. The van der Waals surface area contributed by atoms with E-state index in [2.05, 4.69) is 144 Å². The first-order valence-electron chi connectivity index (χ1n) is 20.1. The Balaban J connectivity index is 1.05. The lowest BCUT2D eigenvalue weighted by Crippen LogP contribution is -2.28. The predicted molar refractivity (Wildman–Crippen MR) is 244 cm³/mol. The molecule has 0 radical (unpaired) electrons. The minimum absolute atomic E-state index is 0.365. The van der Waals surface area contributed by atoms with Crippen molar-refractivity contribution in [2.45, 2.75) is 5.41 Å². The van der Waals surface area contributed by atoms with Crippen LogP contribution in [-0.2, 0) is 5.41 Å². The summed E-state index contributed by atoms with van der Waals surface area (Å²) in [5, 5.41) is 15.8. The van der Waals surface area contributed by atoms with Crippen LogP contribution in [0.5, 0.6) is 0 Å². The summed E-state index contributed by atoms with van der Waals surface area (Å²) in [4.78, 5) is 15.5. The predicted octanol–water partition coefficient (Wildman–Crippen LogP) is 12.3. The molecule has 9 aromatic rings. The Morgan fingerprint density at radius 1 is 0.467 bits per heavy atom. The van der Waals surface area contributed by atoms with Crippen LogP contribution in [0.4, 0.5) is 5.69 Å². The van der Waals surface area contributed by atoms with E-state index in [1.54, 1.807) is 0 Å². The van der Waals surface area contributed by atoms with Crippen molar-refractivity contribution in [3.05, 3.63) is 234 Å². The van der Waals surface area contributed by atoms with Crippen molar-refractivity contribution < 1.29 is 0 Å². The highest BCUT2D eigenvalue weighted by molar-refractivity contribution is 6.55. The first-order chi connectivity index (χ1) is 29.6. The van der Waals surface area contributed by atoms with Gasteiger partial charge in [-0.1, -0.05) is 176 Å². The molecule has 1 aromatic heterocycles. The summed E-state index contributed by atoms with van der Waals surface area (Å²) in [5.74, 6) is 1.77. The first kappa shape index (κ1) is 35.1. The van der Waals surface area contributed by atoms with Crippen LogP contribution in [0, 0.1) is 5.41 Å². The van der Waals surface area contributed by atoms with E-state index in [1.165, 1.54) is 33.4 Å². The minimum Gasteiger partial charge on any atom is -0.298 e. The zero-order valence-corrected chi connectivity index (χ0v) is 32.4. The second-order valence-electron chi connectivity index (χ2n) is 15.1. The molecule has 0 saturated carbocycles. The van der Waals surface area contributed by atoms with Crippen LogP contribution in [-0.4, -0.2) is 26.4 Å². The lowest BCUT2D eigenvalue weighted by molar-refractivity contribution is 0.768. The molecule has 0 aliphatic heterocycles. The number of aromatic nitrogens is 3. The van der Waals surface area contributed by atoms with Crippen molar-refractivity contribution in [3.8, 4) is 45.3 Å². The van der Waals surface area contributed by atoms with Crippen LogP contribution in [0.3, 0.4) is 0 Å². The standard InChI is InChI=1S/C54H36N6/c55-50-48(60-59-42-21-11-4-12-22-42)32-29-35-25-26-37-33-38(27-30-43(37)49(35)50)52-56-51(36-15-5-1-6-16-36)57-53(58-52)39-28-31-45-44-23-13-14-24-46(44)54(47(45)34-39,40-17-7-2-8-18-40)41-19-9-3-10-20-41/h1-34,55,59H/b55-50?,60-48-. The molecule has 6 heteroatoms. The van der Waals surface area contributed by atoms with E-state index in [1.807, 2.05) is 72.8 Å². The van der Waals surface area contributed by atoms with Gasteiger partial charge in [-0.3, -0.25) is 10.8 Å². The molecular formula is C54H36N6.